The maximum Gasteiger partial charge on any atom is 0.313 e. The van der Waals surface area contributed by atoms with Crippen molar-refractivity contribution in [2.24, 2.45) is 11.8 Å². The lowest BCUT2D eigenvalue weighted by molar-refractivity contribution is -0.133. The number of aliphatic carboxylic acids is 1. The van der Waals surface area contributed by atoms with Crippen molar-refractivity contribution in [3.05, 3.63) is 12.2 Å². The third-order valence-electron chi connectivity index (χ3n) is 5.06. The second kappa shape index (κ2) is 11.5. The lowest BCUT2D eigenvalue weighted by Gasteiger charge is -2.27. The summed E-state index contributed by atoms with van der Waals surface area (Å²) in [7, 11) is 0. The highest BCUT2D eigenvalue weighted by Gasteiger charge is 2.47. The van der Waals surface area contributed by atoms with E-state index in [0.717, 1.165) is 18.1 Å². The molecule has 4 atom stereocenters. The topological polar surface area (TPSA) is 46.5 Å². The molecule has 2 aliphatic rings. The molecule has 2 fully saturated rings. The molecule has 3 nitrogen and oxygen atoms in total. The Bertz CT molecular complexity index is 400. The quantitative estimate of drug-likeness (QED) is 0.370. The van der Waals surface area contributed by atoms with E-state index in [1.807, 2.05) is 0 Å². The summed E-state index contributed by atoms with van der Waals surface area (Å²) in [6, 6.07) is 0. The van der Waals surface area contributed by atoms with Gasteiger partial charge in [0.2, 0.25) is 0 Å². The van der Waals surface area contributed by atoms with Crippen molar-refractivity contribution in [1.82, 2.24) is 0 Å². The van der Waals surface area contributed by atoms with Crippen LogP contribution in [0.1, 0.15) is 51.9 Å². The molecule has 0 aromatic rings. The zero-order valence-electron chi connectivity index (χ0n) is 14.8. The molecule has 0 unspecified atom stereocenters. The molecule has 2 rings (SSSR count). The number of thioether (sulfide) groups is 2. The SMILES string of the molecule is CCCCCCSC[C@@H]1[C@H](C/C=C\CSCC(=O)O)[C@@H]2CC[C@H]1O2. The molecular formula is C19H32O3S2. The van der Waals surface area contributed by atoms with Gasteiger partial charge in [0, 0.05) is 5.75 Å². The van der Waals surface area contributed by atoms with Gasteiger partial charge in [-0.05, 0) is 49.0 Å². The first-order valence-electron chi connectivity index (χ1n) is 9.40. The molecule has 138 valence electrons. The highest BCUT2D eigenvalue weighted by molar-refractivity contribution is 8.00. The zero-order chi connectivity index (χ0) is 17.2. The van der Waals surface area contributed by atoms with Crippen LogP contribution in [0.5, 0.6) is 0 Å². The fraction of sp³-hybridized carbons (Fsp3) is 0.842. The zero-order valence-corrected chi connectivity index (χ0v) is 16.5. The van der Waals surface area contributed by atoms with Crippen molar-refractivity contribution < 1.29 is 14.6 Å². The molecule has 0 amide bonds. The number of carboxylic acids is 1. The summed E-state index contributed by atoms with van der Waals surface area (Å²) in [5.41, 5.74) is 0. The molecule has 1 N–H and O–H groups in total. The molecule has 2 bridgehead atoms. The maximum absolute atomic E-state index is 10.5. The summed E-state index contributed by atoms with van der Waals surface area (Å²) in [6.07, 6.45) is 14.3. The Morgan fingerprint density at radius 1 is 1.12 bits per heavy atom. The number of carbonyl (C=O) groups is 1. The van der Waals surface area contributed by atoms with E-state index in [1.54, 1.807) is 0 Å². The van der Waals surface area contributed by atoms with E-state index in [4.69, 9.17) is 9.84 Å². The van der Waals surface area contributed by atoms with Crippen molar-refractivity contribution in [2.75, 3.05) is 23.0 Å². The van der Waals surface area contributed by atoms with E-state index >= 15 is 0 Å². The Balaban J connectivity index is 1.65. The van der Waals surface area contributed by atoms with E-state index in [0.29, 0.717) is 18.1 Å². The van der Waals surface area contributed by atoms with Gasteiger partial charge in [0.15, 0.2) is 0 Å². The van der Waals surface area contributed by atoms with Crippen molar-refractivity contribution in [1.29, 1.82) is 0 Å². The van der Waals surface area contributed by atoms with E-state index in [-0.39, 0.29) is 5.75 Å². The van der Waals surface area contributed by atoms with E-state index in [1.165, 1.54) is 61.8 Å². The summed E-state index contributed by atoms with van der Waals surface area (Å²) in [6.45, 7) is 2.26. The van der Waals surface area contributed by atoms with E-state index < -0.39 is 5.97 Å². The van der Waals surface area contributed by atoms with Gasteiger partial charge in [0.05, 0.1) is 18.0 Å². The average molecular weight is 373 g/mol. The Labute approximate surface area is 155 Å². The summed E-state index contributed by atoms with van der Waals surface area (Å²) < 4.78 is 6.17. The Kier molecular flexibility index (Phi) is 9.65. The molecule has 0 saturated carbocycles. The van der Waals surface area contributed by atoms with Gasteiger partial charge in [0.25, 0.3) is 0 Å². The number of allylic oxidation sites excluding steroid dienone is 1. The smallest absolute Gasteiger partial charge is 0.313 e. The van der Waals surface area contributed by atoms with Gasteiger partial charge >= 0.3 is 5.97 Å². The summed E-state index contributed by atoms with van der Waals surface area (Å²) in [4.78, 5) is 10.5. The number of fused-ring (bicyclic) bond motifs is 2. The number of hydrogen-bond acceptors (Lipinski definition) is 4. The molecule has 0 spiro atoms. The average Bonchev–Trinajstić information content (AvgIpc) is 3.15. The fourth-order valence-electron chi connectivity index (χ4n) is 3.81. The molecule has 0 radical (unpaired) electrons. The normalized spacial score (nSPS) is 28.9. The van der Waals surface area contributed by atoms with Crippen LogP contribution in [0.4, 0.5) is 0 Å². The fourth-order valence-corrected chi connectivity index (χ4v) is 5.69. The Morgan fingerprint density at radius 2 is 1.92 bits per heavy atom. The van der Waals surface area contributed by atoms with Crippen LogP contribution in [0.25, 0.3) is 0 Å². The first-order chi connectivity index (χ1) is 11.7. The second-order valence-corrected chi connectivity index (χ2v) is 9.05. The minimum atomic E-state index is -0.731. The molecule has 2 saturated heterocycles. The van der Waals surface area contributed by atoms with Gasteiger partial charge in [-0.1, -0.05) is 38.3 Å². The first kappa shape index (κ1) is 20.2. The van der Waals surface area contributed by atoms with Crippen LogP contribution >= 0.6 is 23.5 Å². The van der Waals surface area contributed by atoms with Crippen molar-refractivity contribution >= 4 is 29.5 Å². The maximum atomic E-state index is 10.5. The lowest BCUT2D eigenvalue weighted by atomic mass is 9.78. The highest BCUT2D eigenvalue weighted by Crippen LogP contribution is 2.46. The Morgan fingerprint density at radius 3 is 2.67 bits per heavy atom. The third kappa shape index (κ3) is 6.64. The second-order valence-electron chi connectivity index (χ2n) is 6.87. The number of carboxylic acid groups (broad SMARTS) is 1. The summed E-state index contributed by atoms with van der Waals surface area (Å²) in [5.74, 6) is 4.20. The predicted molar refractivity (Wildman–Crippen MR) is 105 cm³/mol. The standard InChI is InChI=1S/C19H32O3S2/c1-2-3-4-6-11-23-13-16-15(17-9-10-18(16)22-17)8-5-7-12-24-14-19(20)21/h5,7,15-18H,2-4,6,8-14H2,1H3,(H,20,21)/b7-5-/t15-,16+,17-,18+/m0/s1. The van der Waals surface area contributed by atoms with Crippen LogP contribution in [0, 0.1) is 11.8 Å². The molecule has 2 aliphatic heterocycles. The van der Waals surface area contributed by atoms with Gasteiger partial charge in [-0.25, -0.2) is 0 Å². The third-order valence-corrected chi connectivity index (χ3v) is 7.13. The number of unbranched alkanes of at least 4 members (excludes halogenated alkanes) is 3. The predicted octanol–water partition coefficient (Wildman–Crippen LogP) is 4.86. The number of rotatable bonds is 13. The molecular weight excluding hydrogens is 340 g/mol. The van der Waals surface area contributed by atoms with Crippen molar-refractivity contribution in [3.63, 3.8) is 0 Å². The Hall–Kier alpha value is -0.130. The van der Waals surface area contributed by atoms with E-state index in [9.17, 15) is 4.79 Å². The minimum absolute atomic E-state index is 0.193. The number of ether oxygens (including phenoxy) is 1. The van der Waals surface area contributed by atoms with Crippen LogP contribution in [-0.4, -0.2) is 46.3 Å². The largest absolute Gasteiger partial charge is 0.481 e. The van der Waals surface area contributed by atoms with Gasteiger partial charge in [-0.2, -0.15) is 11.8 Å². The van der Waals surface area contributed by atoms with Crippen LogP contribution in [-0.2, 0) is 9.53 Å². The molecule has 0 aromatic carbocycles. The summed E-state index contributed by atoms with van der Waals surface area (Å²) >= 11 is 3.58. The van der Waals surface area contributed by atoms with Gasteiger partial charge in [-0.3, -0.25) is 4.79 Å². The van der Waals surface area contributed by atoms with Gasteiger partial charge in [0.1, 0.15) is 0 Å². The number of hydrogen-bond donors (Lipinski definition) is 1. The summed E-state index contributed by atoms with van der Waals surface area (Å²) in [5, 5.41) is 8.64. The molecule has 0 aromatic heterocycles. The van der Waals surface area contributed by atoms with Crippen LogP contribution < -0.4 is 0 Å². The van der Waals surface area contributed by atoms with Gasteiger partial charge in [-0.15, -0.1) is 11.8 Å². The van der Waals surface area contributed by atoms with Gasteiger partial charge < -0.3 is 9.84 Å². The van der Waals surface area contributed by atoms with Crippen molar-refractivity contribution in [3.8, 4) is 0 Å². The highest BCUT2D eigenvalue weighted by atomic mass is 32.2. The van der Waals surface area contributed by atoms with Crippen LogP contribution in [0.2, 0.25) is 0 Å². The van der Waals surface area contributed by atoms with Crippen LogP contribution in [0.15, 0.2) is 12.2 Å². The lowest BCUT2D eigenvalue weighted by Crippen LogP contribution is -2.28. The van der Waals surface area contributed by atoms with Crippen molar-refractivity contribution in [2.45, 2.75) is 64.1 Å². The monoisotopic (exact) mass is 372 g/mol. The molecule has 2 heterocycles. The van der Waals surface area contributed by atoms with Crippen LogP contribution in [0.3, 0.4) is 0 Å². The van der Waals surface area contributed by atoms with E-state index in [2.05, 4.69) is 30.8 Å². The molecule has 5 heteroatoms. The molecule has 0 aliphatic carbocycles. The first-order valence-corrected chi connectivity index (χ1v) is 11.7. The minimum Gasteiger partial charge on any atom is -0.481 e. The molecule has 24 heavy (non-hydrogen) atoms.